The molecule has 0 radical (unpaired) electrons. The lowest BCUT2D eigenvalue weighted by atomic mass is 9.78. The molecule has 0 unspecified atom stereocenters. The lowest BCUT2D eigenvalue weighted by Crippen LogP contribution is -2.30. The number of unbranched alkanes of at least 4 members (excludes halogenated alkanes) is 1. The Morgan fingerprint density at radius 1 is 0.627 bits per heavy atom. The van der Waals surface area contributed by atoms with Crippen LogP contribution in [0.5, 0.6) is 23.0 Å². The van der Waals surface area contributed by atoms with E-state index < -0.39 is 0 Å². The lowest BCUT2D eigenvalue weighted by molar-refractivity contribution is 0.344. The van der Waals surface area contributed by atoms with E-state index in [1.807, 2.05) is 43.8 Å². The van der Waals surface area contributed by atoms with Gasteiger partial charge in [0.25, 0.3) is 4.87 Å². The minimum atomic E-state index is -0.328. The molecule has 0 aromatic heterocycles. The van der Waals surface area contributed by atoms with Gasteiger partial charge in [0.15, 0.2) is 23.0 Å². The van der Waals surface area contributed by atoms with Crippen molar-refractivity contribution in [1.82, 2.24) is 0 Å². The first-order chi connectivity index (χ1) is 24.7. The van der Waals surface area contributed by atoms with E-state index in [2.05, 4.69) is 53.0 Å². The number of thioether (sulfide) groups is 2. The molecule has 2 saturated carbocycles. The minimum Gasteiger partial charge on any atom is -0.493 e. The summed E-state index contributed by atoms with van der Waals surface area (Å²) in [6.45, 7) is 21.2. The number of hydrogen-bond donors (Lipinski definition) is 0. The zero-order valence-corrected chi connectivity index (χ0v) is 33.6. The molecule has 0 saturated heterocycles. The molecule has 8 heteroatoms. The molecule has 0 N–H and O–H groups in total. The van der Waals surface area contributed by atoms with Gasteiger partial charge in [0.2, 0.25) is 5.54 Å². The molecule has 0 spiro atoms. The van der Waals surface area contributed by atoms with Crippen LogP contribution in [0.4, 0.5) is 0 Å². The van der Waals surface area contributed by atoms with E-state index in [9.17, 15) is 0 Å². The first kappa shape index (κ1) is 42.0. The van der Waals surface area contributed by atoms with Crippen molar-refractivity contribution in [3.63, 3.8) is 0 Å². The van der Waals surface area contributed by atoms with E-state index in [1.54, 1.807) is 40.2 Å². The Bertz CT molecular complexity index is 1570. The summed E-state index contributed by atoms with van der Waals surface area (Å²) in [5.74, 6) is 4.37. The Hall–Kier alpha value is -3.46. The van der Waals surface area contributed by atoms with Crippen LogP contribution in [-0.2, 0) is 6.42 Å². The van der Waals surface area contributed by atoms with Crippen LogP contribution < -0.4 is 18.9 Å². The molecular weight excluding hydrogens is 673 g/mol. The van der Waals surface area contributed by atoms with Crippen molar-refractivity contribution in [3.8, 4) is 23.0 Å². The molecule has 3 aromatic carbocycles. The molecule has 0 heterocycles. The van der Waals surface area contributed by atoms with Crippen LogP contribution in [0.1, 0.15) is 101 Å². The Morgan fingerprint density at radius 2 is 1.14 bits per heavy atom. The highest BCUT2D eigenvalue weighted by atomic mass is 32.2. The van der Waals surface area contributed by atoms with E-state index in [0.29, 0.717) is 0 Å². The van der Waals surface area contributed by atoms with Gasteiger partial charge in [0.1, 0.15) is 0 Å². The SMILES string of the molecule is CCCCSc1ccc(C)c(OC)c1OC.[C-]#[N+]C1(Cc2ccccc2)CCCCC1.[C-]#[N+]C1(Sc2ccc(C)c(OC)c2OC)CCCCC1. The molecule has 0 bridgehead atoms. The largest absolute Gasteiger partial charge is 0.493 e. The monoisotopic (exact) mass is 730 g/mol. The molecule has 51 heavy (non-hydrogen) atoms. The van der Waals surface area contributed by atoms with Crippen LogP contribution >= 0.6 is 23.5 Å². The van der Waals surface area contributed by atoms with Gasteiger partial charge in [-0.15, -0.1) is 11.8 Å². The van der Waals surface area contributed by atoms with Crippen LogP contribution in [-0.4, -0.2) is 44.6 Å². The highest BCUT2D eigenvalue weighted by Gasteiger charge is 2.41. The van der Waals surface area contributed by atoms with Crippen molar-refractivity contribution in [2.24, 2.45) is 0 Å². The van der Waals surface area contributed by atoms with Crippen LogP contribution in [0, 0.1) is 27.0 Å². The van der Waals surface area contributed by atoms with Gasteiger partial charge in [-0.05, 0) is 92.3 Å². The topological polar surface area (TPSA) is 45.6 Å². The third kappa shape index (κ3) is 12.0. The summed E-state index contributed by atoms with van der Waals surface area (Å²) >= 11 is 3.47. The van der Waals surface area contributed by atoms with Crippen molar-refractivity contribution >= 4 is 23.5 Å². The van der Waals surface area contributed by atoms with Crippen LogP contribution in [0.15, 0.2) is 64.4 Å². The lowest BCUT2D eigenvalue weighted by Gasteiger charge is -2.26. The quantitative estimate of drug-likeness (QED) is 0.105. The Labute approximate surface area is 317 Å². The number of rotatable bonds is 12. The fourth-order valence-corrected chi connectivity index (χ4v) is 9.24. The third-order valence-electron chi connectivity index (χ3n) is 9.65. The molecule has 0 amide bonds. The summed E-state index contributed by atoms with van der Waals surface area (Å²) in [6.07, 6.45) is 14.8. The summed E-state index contributed by atoms with van der Waals surface area (Å²) in [5.41, 5.74) is 3.39. The van der Waals surface area contributed by atoms with Gasteiger partial charge in [-0.3, -0.25) is 4.85 Å². The number of ether oxygens (including phenoxy) is 4. The highest BCUT2D eigenvalue weighted by molar-refractivity contribution is 8.01. The molecule has 2 aliphatic carbocycles. The molecule has 2 fully saturated rings. The van der Waals surface area contributed by atoms with Gasteiger partial charge in [-0.25, -0.2) is 13.1 Å². The molecule has 0 atom stereocenters. The van der Waals surface area contributed by atoms with E-state index in [1.165, 1.54) is 49.0 Å². The fraction of sp³-hybridized carbons (Fsp3) is 0.535. The molecule has 3 aromatic rings. The maximum absolute atomic E-state index is 7.59. The molecule has 6 nitrogen and oxygen atoms in total. The van der Waals surface area contributed by atoms with Gasteiger partial charge in [0, 0.05) is 25.7 Å². The average molecular weight is 731 g/mol. The van der Waals surface area contributed by atoms with Gasteiger partial charge in [0.05, 0.1) is 44.7 Å². The number of aryl methyl sites for hydroxylation is 2. The summed E-state index contributed by atoms with van der Waals surface area (Å²) in [4.78, 5) is 9.71. The zero-order valence-electron chi connectivity index (χ0n) is 31.9. The fourth-order valence-electron chi connectivity index (χ4n) is 6.76. The summed E-state index contributed by atoms with van der Waals surface area (Å²) in [7, 11) is 6.70. The Kier molecular flexibility index (Phi) is 17.9. The van der Waals surface area contributed by atoms with Crippen molar-refractivity contribution in [3.05, 3.63) is 94.1 Å². The van der Waals surface area contributed by atoms with Gasteiger partial charge in [-0.2, -0.15) is 0 Å². The Morgan fingerprint density at radius 3 is 1.63 bits per heavy atom. The van der Waals surface area contributed by atoms with Crippen molar-refractivity contribution < 1.29 is 18.9 Å². The van der Waals surface area contributed by atoms with Crippen molar-refractivity contribution in [1.29, 1.82) is 0 Å². The van der Waals surface area contributed by atoms with Crippen LogP contribution in [0.2, 0.25) is 0 Å². The predicted octanol–water partition coefficient (Wildman–Crippen LogP) is 12.4. The van der Waals surface area contributed by atoms with E-state index in [-0.39, 0.29) is 10.4 Å². The summed E-state index contributed by atoms with van der Waals surface area (Å²) in [6, 6.07) is 18.7. The van der Waals surface area contributed by atoms with Crippen LogP contribution in [0.3, 0.4) is 0 Å². The van der Waals surface area contributed by atoms with Crippen LogP contribution in [0.25, 0.3) is 9.69 Å². The van der Waals surface area contributed by atoms with Crippen molar-refractivity contribution in [2.45, 2.75) is 124 Å². The standard InChI is InChI=1S/C16H21NO2S.C14H17N.C13H20O2S/c1-12-8-9-13(15(19-4)14(12)18-3)20-16(17-2)10-6-5-7-11-16;1-15-14(10-6-3-7-11-14)12-13-8-4-2-5-9-13;1-5-6-9-16-11-8-7-10(2)12(14-3)13(11)15-4/h8-9H,5-7,10-11H2,1,3-4H3;2,4-5,8-9H,3,6-7,10-12H2;7-8H,5-6,9H2,1-4H3. The summed E-state index contributed by atoms with van der Waals surface area (Å²) in [5, 5.41) is 0. The maximum Gasteiger partial charge on any atom is 0.282 e. The first-order valence-corrected chi connectivity index (χ1v) is 20.1. The average Bonchev–Trinajstić information content (AvgIpc) is 3.17. The third-order valence-corrected chi connectivity index (χ3v) is 12.2. The van der Waals surface area contributed by atoms with Gasteiger partial charge >= 0.3 is 0 Å². The van der Waals surface area contributed by atoms with Crippen molar-refractivity contribution in [2.75, 3.05) is 34.2 Å². The highest BCUT2D eigenvalue weighted by Crippen LogP contribution is 2.50. The van der Waals surface area contributed by atoms with Gasteiger partial charge < -0.3 is 23.8 Å². The second kappa shape index (κ2) is 21.8. The summed E-state index contributed by atoms with van der Waals surface area (Å²) < 4.78 is 21.8. The predicted molar refractivity (Wildman–Crippen MR) is 215 cm³/mol. The molecule has 276 valence electrons. The molecular formula is C43H58N2O4S2. The number of methoxy groups -OCH3 is 4. The molecule has 2 aliphatic rings. The van der Waals surface area contributed by atoms with E-state index in [4.69, 9.17) is 32.1 Å². The smallest absolute Gasteiger partial charge is 0.282 e. The van der Waals surface area contributed by atoms with Gasteiger partial charge in [-0.1, -0.05) is 68.7 Å². The maximum atomic E-state index is 7.59. The zero-order chi connectivity index (χ0) is 37.1. The minimum absolute atomic E-state index is 0.0837. The Balaban J connectivity index is 0.000000209. The van der Waals surface area contributed by atoms with E-state index >= 15 is 0 Å². The molecule has 0 aliphatic heterocycles. The number of hydrogen-bond acceptors (Lipinski definition) is 6. The second-order valence-corrected chi connectivity index (χ2v) is 15.9. The van der Waals surface area contributed by atoms with E-state index in [0.717, 1.165) is 89.7 Å². The first-order valence-electron chi connectivity index (χ1n) is 18.3. The normalized spacial score (nSPS) is 15.7. The second-order valence-electron chi connectivity index (χ2n) is 13.4. The number of benzene rings is 3. The molecule has 5 rings (SSSR count). The number of nitrogens with zero attached hydrogens (tertiary/aromatic N) is 2.